The number of carbonyl (C=O) groups is 1. The van der Waals surface area contributed by atoms with Crippen LogP contribution in [0.2, 0.25) is 0 Å². The maximum Gasteiger partial charge on any atom is 0.225 e. The van der Waals surface area contributed by atoms with E-state index in [4.69, 9.17) is 4.74 Å². The predicted molar refractivity (Wildman–Crippen MR) is 82.1 cm³/mol. The number of halogens is 2. The van der Waals surface area contributed by atoms with Crippen molar-refractivity contribution in [2.24, 2.45) is 5.92 Å². The van der Waals surface area contributed by atoms with Crippen LogP contribution in [0.15, 0.2) is 23.1 Å². The van der Waals surface area contributed by atoms with E-state index in [1.165, 1.54) is 0 Å². The lowest BCUT2D eigenvalue weighted by molar-refractivity contribution is -0.139. The van der Waals surface area contributed by atoms with Crippen LogP contribution >= 0.6 is 0 Å². The van der Waals surface area contributed by atoms with Crippen molar-refractivity contribution in [2.75, 3.05) is 26.3 Å². The van der Waals surface area contributed by atoms with Crippen LogP contribution in [0.3, 0.4) is 0 Å². The van der Waals surface area contributed by atoms with Gasteiger partial charge in [-0.25, -0.2) is 17.2 Å². The Bertz CT molecular complexity index is 732. The number of morpholine rings is 1. The van der Waals surface area contributed by atoms with Crippen LogP contribution in [0.1, 0.15) is 19.3 Å². The van der Waals surface area contributed by atoms with Crippen molar-refractivity contribution in [3.63, 3.8) is 0 Å². The molecule has 2 atom stereocenters. The Balaban J connectivity index is 1.73. The first-order chi connectivity index (χ1) is 11.4. The first-order valence-electron chi connectivity index (χ1n) is 7.95. The van der Waals surface area contributed by atoms with Gasteiger partial charge in [0.15, 0.2) is 9.84 Å². The number of carbonyl (C=O) groups excluding carboxylic acids is 1. The monoisotopic (exact) mass is 359 g/mol. The van der Waals surface area contributed by atoms with Crippen LogP contribution in [0.5, 0.6) is 0 Å². The molecule has 1 aliphatic heterocycles. The molecule has 1 saturated heterocycles. The quantitative estimate of drug-likeness (QED) is 0.772. The molecule has 1 amide bonds. The zero-order chi connectivity index (χ0) is 17.3. The second kappa shape index (κ2) is 6.76. The van der Waals surface area contributed by atoms with Crippen molar-refractivity contribution >= 4 is 15.7 Å². The van der Waals surface area contributed by atoms with Crippen LogP contribution in [-0.2, 0) is 19.4 Å². The lowest BCUT2D eigenvalue weighted by atomic mass is 10.1. The molecule has 24 heavy (non-hydrogen) atoms. The highest BCUT2D eigenvalue weighted by Gasteiger charge is 2.40. The fourth-order valence-electron chi connectivity index (χ4n) is 3.37. The molecule has 1 aromatic carbocycles. The maximum atomic E-state index is 13.8. The number of ether oxygens (including phenoxy) is 1. The van der Waals surface area contributed by atoms with Crippen molar-refractivity contribution in [3.05, 3.63) is 29.8 Å². The minimum absolute atomic E-state index is 0.0596. The van der Waals surface area contributed by atoms with E-state index in [9.17, 15) is 22.0 Å². The summed E-state index contributed by atoms with van der Waals surface area (Å²) in [5.41, 5.74) is 0. The van der Waals surface area contributed by atoms with Crippen molar-refractivity contribution in [1.29, 1.82) is 0 Å². The number of benzene rings is 1. The van der Waals surface area contributed by atoms with Gasteiger partial charge in [-0.1, -0.05) is 0 Å². The summed E-state index contributed by atoms with van der Waals surface area (Å²) in [6.07, 6.45) is 0.943. The molecule has 0 spiro atoms. The van der Waals surface area contributed by atoms with Crippen LogP contribution in [0.25, 0.3) is 0 Å². The summed E-state index contributed by atoms with van der Waals surface area (Å²) in [7, 11) is -3.92. The second-order valence-electron chi connectivity index (χ2n) is 6.19. The molecule has 1 saturated carbocycles. The normalized spacial score (nSPS) is 25.0. The lowest BCUT2D eigenvalue weighted by Crippen LogP contribution is -2.43. The third-order valence-corrected chi connectivity index (χ3v) is 6.95. The summed E-state index contributed by atoms with van der Waals surface area (Å²) in [4.78, 5) is 13.7. The number of hydrogen-bond donors (Lipinski definition) is 0. The van der Waals surface area contributed by atoms with Crippen LogP contribution in [-0.4, -0.2) is 50.8 Å². The van der Waals surface area contributed by atoms with E-state index in [2.05, 4.69) is 0 Å². The van der Waals surface area contributed by atoms with E-state index in [0.717, 1.165) is 12.1 Å². The van der Waals surface area contributed by atoms with Crippen molar-refractivity contribution in [1.82, 2.24) is 4.90 Å². The first kappa shape index (κ1) is 17.3. The van der Waals surface area contributed by atoms with Gasteiger partial charge in [0, 0.05) is 25.1 Å². The molecular formula is C16H19F2NO4S. The zero-order valence-electron chi connectivity index (χ0n) is 13.1. The van der Waals surface area contributed by atoms with E-state index in [0.29, 0.717) is 45.2 Å². The Morgan fingerprint density at radius 3 is 2.54 bits per heavy atom. The summed E-state index contributed by atoms with van der Waals surface area (Å²) in [5, 5.41) is -0.813. The van der Waals surface area contributed by atoms with Gasteiger partial charge in [-0.15, -0.1) is 0 Å². The SMILES string of the molecule is O=C([C@@H]1CC[C@@H](S(=O)(=O)c2ccc(F)cc2F)C1)N1CCOCC1. The molecule has 2 aliphatic rings. The highest BCUT2D eigenvalue weighted by molar-refractivity contribution is 7.92. The molecule has 0 aromatic heterocycles. The molecular weight excluding hydrogens is 340 g/mol. The highest BCUT2D eigenvalue weighted by Crippen LogP contribution is 2.35. The molecule has 5 nitrogen and oxygen atoms in total. The van der Waals surface area contributed by atoms with Crippen molar-refractivity contribution < 1.29 is 26.7 Å². The fourth-order valence-corrected chi connectivity index (χ4v) is 5.25. The lowest BCUT2D eigenvalue weighted by Gasteiger charge is -2.29. The molecule has 132 valence electrons. The van der Waals surface area contributed by atoms with Gasteiger partial charge in [0.2, 0.25) is 5.91 Å². The molecule has 0 unspecified atom stereocenters. The van der Waals surface area contributed by atoms with E-state index >= 15 is 0 Å². The van der Waals surface area contributed by atoms with Crippen LogP contribution in [0.4, 0.5) is 8.78 Å². The highest BCUT2D eigenvalue weighted by atomic mass is 32.2. The largest absolute Gasteiger partial charge is 0.378 e. The Morgan fingerprint density at radius 2 is 1.88 bits per heavy atom. The van der Waals surface area contributed by atoms with Gasteiger partial charge in [0.25, 0.3) is 0 Å². The Kier molecular flexibility index (Phi) is 4.87. The summed E-state index contributed by atoms with van der Waals surface area (Å²) < 4.78 is 57.2. The molecule has 1 aliphatic carbocycles. The van der Waals surface area contributed by atoms with Crippen LogP contribution in [0, 0.1) is 17.6 Å². The molecule has 1 aromatic rings. The Morgan fingerprint density at radius 1 is 1.17 bits per heavy atom. The van der Waals surface area contributed by atoms with Crippen LogP contribution < -0.4 is 0 Å². The van der Waals surface area contributed by atoms with E-state index < -0.39 is 31.6 Å². The molecule has 0 bridgehead atoms. The van der Waals surface area contributed by atoms with E-state index in [-0.39, 0.29) is 18.2 Å². The molecule has 8 heteroatoms. The number of amides is 1. The summed E-state index contributed by atoms with van der Waals surface area (Å²) in [5.74, 6) is -2.34. The topological polar surface area (TPSA) is 63.7 Å². The zero-order valence-corrected chi connectivity index (χ0v) is 13.9. The van der Waals surface area contributed by atoms with Crippen molar-refractivity contribution in [3.8, 4) is 0 Å². The van der Waals surface area contributed by atoms with Gasteiger partial charge in [-0.3, -0.25) is 4.79 Å². The second-order valence-corrected chi connectivity index (χ2v) is 8.39. The first-order valence-corrected chi connectivity index (χ1v) is 9.49. The standard InChI is InChI=1S/C16H19F2NO4S/c17-12-2-4-15(14(18)10-12)24(21,22)13-3-1-11(9-13)16(20)19-5-7-23-8-6-19/h2,4,10-11,13H,1,3,5-9H2/t11-,13-/m1/s1. The minimum atomic E-state index is -3.92. The minimum Gasteiger partial charge on any atom is -0.378 e. The van der Waals surface area contributed by atoms with Gasteiger partial charge in [-0.05, 0) is 31.4 Å². The van der Waals surface area contributed by atoms with E-state index in [1.54, 1.807) is 4.90 Å². The molecule has 0 radical (unpaired) electrons. The van der Waals surface area contributed by atoms with Crippen molar-refractivity contribution in [2.45, 2.75) is 29.4 Å². The number of hydrogen-bond acceptors (Lipinski definition) is 4. The van der Waals surface area contributed by atoms with Gasteiger partial charge in [-0.2, -0.15) is 0 Å². The van der Waals surface area contributed by atoms with Gasteiger partial charge in [0.05, 0.1) is 18.5 Å². The fraction of sp³-hybridized carbons (Fsp3) is 0.562. The van der Waals surface area contributed by atoms with E-state index in [1.807, 2.05) is 0 Å². The number of nitrogens with zero attached hydrogens (tertiary/aromatic N) is 1. The number of sulfone groups is 1. The van der Waals surface area contributed by atoms with Gasteiger partial charge < -0.3 is 9.64 Å². The third-order valence-electron chi connectivity index (χ3n) is 4.70. The third kappa shape index (κ3) is 3.30. The average Bonchev–Trinajstić information content (AvgIpc) is 3.05. The molecule has 0 N–H and O–H groups in total. The Hall–Kier alpha value is -1.54. The molecule has 2 fully saturated rings. The predicted octanol–water partition coefficient (Wildman–Crippen LogP) is 1.77. The smallest absolute Gasteiger partial charge is 0.225 e. The van der Waals surface area contributed by atoms with Gasteiger partial charge in [0.1, 0.15) is 16.5 Å². The summed E-state index contributed by atoms with van der Waals surface area (Å²) in [6.45, 7) is 2.00. The Labute approximate surface area is 139 Å². The number of rotatable bonds is 3. The maximum absolute atomic E-state index is 13.8. The molecule has 3 rings (SSSR count). The average molecular weight is 359 g/mol. The summed E-state index contributed by atoms with van der Waals surface area (Å²) in [6, 6.07) is 2.45. The van der Waals surface area contributed by atoms with Gasteiger partial charge >= 0.3 is 0 Å². The summed E-state index contributed by atoms with van der Waals surface area (Å²) >= 11 is 0. The molecule has 1 heterocycles.